The predicted octanol–water partition coefficient (Wildman–Crippen LogP) is 2.63. The normalized spacial score (nSPS) is 17.8. The fraction of sp³-hybridized carbons (Fsp3) is 0.714. The molecule has 0 aromatic rings. The van der Waals surface area contributed by atoms with Gasteiger partial charge in [0.2, 0.25) is 0 Å². The minimum absolute atomic E-state index is 0. The van der Waals surface area contributed by atoms with Crippen molar-refractivity contribution in [3.05, 3.63) is 9.52 Å². The van der Waals surface area contributed by atoms with Gasteiger partial charge in [0, 0.05) is 19.6 Å². The number of ether oxygens (including phenoxy) is 1. The van der Waals surface area contributed by atoms with Gasteiger partial charge < -0.3 is 4.74 Å². The summed E-state index contributed by atoms with van der Waals surface area (Å²) in [5.74, 6) is 0. The molecule has 0 saturated carbocycles. The minimum atomic E-state index is 0. The Bertz CT molecular complexity index is 175. The summed E-state index contributed by atoms with van der Waals surface area (Å²) in [6.45, 7) is 3.90. The molecule has 1 aliphatic heterocycles. The Hall–Kier alpha value is 0.820. The van der Waals surface area contributed by atoms with Crippen LogP contribution in [0.2, 0.25) is 0 Å². The summed E-state index contributed by atoms with van der Waals surface area (Å²) in [5.41, 5.74) is 0. The lowest BCUT2D eigenvalue weighted by molar-refractivity contribution is 0.0430. The van der Waals surface area contributed by atoms with Gasteiger partial charge in [0.15, 0.2) is 0 Å². The Kier molecular flexibility index (Phi) is 7.61. The number of hydrogen-bond acceptors (Lipinski definition) is 2. The Morgan fingerprint density at radius 1 is 1.15 bits per heavy atom. The number of rotatable bonds is 2. The maximum atomic E-state index is 5.78. The Morgan fingerprint density at radius 2 is 1.69 bits per heavy atom. The first-order valence-corrected chi connectivity index (χ1v) is 4.83. The van der Waals surface area contributed by atoms with Crippen molar-refractivity contribution in [2.24, 2.45) is 0 Å². The molecule has 0 aromatic carbocycles. The van der Waals surface area contributed by atoms with Gasteiger partial charge in [0.25, 0.3) is 0 Å². The highest BCUT2D eigenvalue weighted by atomic mass is 35.5. The van der Waals surface area contributed by atoms with Crippen molar-refractivity contribution >= 4 is 47.2 Å². The Labute approximate surface area is 99.2 Å². The van der Waals surface area contributed by atoms with Gasteiger partial charge in [-0.25, -0.2) is 0 Å². The van der Waals surface area contributed by atoms with E-state index >= 15 is 0 Å². The van der Waals surface area contributed by atoms with Crippen molar-refractivity contribution in [2.45, 2.75) is 0 Å². The van der Waals surface area contributed by atoms with Crippen molar-refractivity contribution in [1.82, 2.24) is 4.90 Å². The van der Waals surface area contributed by atoms with Crippen LogP contribution >= 0.6 is 47.2 Å². The number of halogens is 4. The van der Waals surface area contributed by atoms with Gasteiger partial charge >= 0.3 is 0 Å². The van der Waals surface area contributed by atoms with Crippen LogP contribution in [0.5, 0.6) is 0 Å². The number of nitrogens with zero attached hydrogens (tertiary/aromatic N) is 1. The van der Waals surface area contributed by atoms with Crippen LogP contribution in [0, 0.1) is 0 Å². The first kappa shape index (κ1) is 13.8. The molecular formula is C7H11Cl4NO. The van der Waals surface area contributed by atoms with Crippen LogP contribution in [0.4, 0.5) is 0 Å². The van der Waals surface area contributed by atoms with E-state index in [0.29, 0.717) is 11.6 Å². The third-order valence-corrected chi connectivity index (χ3v) is 2.63. The SMILES string of the molecule is Cl.ClC(Cl)=C(Cl)CN1CCOCC1. The zero-order valence-corrected chi connectivity index (χ0v) is 10.0. The monoisotopic (exact) mass is 265 g/mol. The van der Waals surface area contributed by atoms with Crippen LogP contribution in [-0.4, -0.2) is 37.7 Å². The molecule has 1 fully saturated rings. The van der Waals surface area contributed by atoms with Crippen molar-refractivity contribution in [3.63, 3.8) is 0 Å². The summed E-state index contributed by atoms with van der Waals surface area (Å²) in [5, 5.41) is 0.500. The number of hydrogen-bond donors (Lipinski definition) is 0. The molecule has 0 aliphatic carbocycles. The maximum Gasteiger partial charge on any atom is 0.122 e. The summed E-state index contributed by atoms with van der Waals surface area (Å²) in [7, 11) is 0. The molecule has 13 heavy (non-hydrogen) atoms. The molecule has 2 nitrogen and oxygen atoms in total. The Balaban J connectivity index is 0.00000144. The van der Waals surface area contributed by atoms with Crippen LogP contribution in [0.3, 0.4) is 0 Å². The molecule has 1 saturated heterocycles. The molecule has 0 atom stereocenters. The first-order valence-electron chi connectivity index (χ1n) is 3.70. The van der Waals surface area contributed by atoms with Gasteiger partial charge in [-0.2, -0.15) is 0 Å². The van der Waals surface area contributed by atoms with E-state index in [9.17, 15) is 0 Å². The zero-order chi connectivity index (χ0) is 8.97. The Morgan fingerprint density at radius 3 is 2.15 bits per heavy atom. The summed E-state index contributed by atoms with van der Waals surface area (Å²) < 4.78 is 5.33. The molecule has 1 heterocycles. The van der Waals surface area contributed by atoms with Crippen LogP contribution in [0.1, 0.15) is 0 Å². The third kappa shape index (κ3) is 5.31. The van der Waals surface area contributed by atoms with E-state index in [0.717, 1.165) is 26.3 Å². The molecule has 1 aliphatic rings. The second kappa shape index (κ2) is 7.16. The molecule has 0 aromatic heterocycles. The van der Waals surface area contributed by atoms with Gasteiger partial charge in [-0.3, -0.25) is 4.90 Å². The average molecular weight is 267 g/mol. The molecule has 1 rings (SSSR count). The van der Waals surface area contributed by atoms with E-state index in [1.54, 1.807) is 0 Å². The van der Waals surface area contributed by atoms with Gasteiger partial charge in [-0.1, -0.05) is 34.8 Å². The largest absolute Gasteiger partial charge is 0.379 e. The molecule has 0 N–H and O–H groups in total. The van der Waals surface area contributed by atoms with Crippen molar-refractivity contribution < 1.29 is 4.74 Å². The highest BCUT2D eigenvalue weighted by molar-refractivity contribution is 6.59. The lowest BCUT2D eigenvalue weighted by atomic mass is 10.4. The average Bonchev–Trinajstić information content (AvgIpc) is 2.06. The van der Waals surface area contributed by atoms with E-state index < -0.39 is 0 Å². The lowest BCUT2D eigenvalue weighted by Gasteiger charge is -2.26. The summed E-state index contributed by atoms with van der Waals surface area (Å²) in [4.78, 5) is 2.15. The van der Waals surface area contributed by atoms with Gasteiger partial charge in [0.05, 0.1) is 18.2 Å². The fourth-order valence-electron chi connectivity index (χ4n) is 1.02. The van der Waals surface area contributed by atoms with Gasteiger partial charge in [-0.15, -0.1) is 12.4 Å². The van der Waals surface area contributed by atoms with E-state index in [1.165, 1.54) is 0 Å². The molecule has 0 spiro atoms. The lowest BCUT2D eigenvalue weighted by Crippen LogP contribution is -2.37. The first-order chi connectivity index (χ1) is 5.70. The molecule has 0 bridgehead atoms. The smallest absolute Gasteiger partial charge is 0.122 e. The molecule has 6 heteroatoms. The summed E-state index contributed by atoms with van der Waals surface area (Å²) in [6, 6.07) is 0. The fourth-order valence-corrected chi connectivity index (χ4v) is 1.30. The zero-order valence-electron chi connectivity index (χ0n) is 6.93. The molecule has 78 valence electrons. The third-order valence-electron chi connectivity index (χ3n) is 1.67. The molecule has 0 unspecified atom stereocenters. The van der Waals surface area contributed by atoms with Crippen molar-refractivity contribution in [1.29, 1.82) is 0 Å². The van der Waals surface area contributed by atoms with Gasteiger partial charge in [0.1, 0.15) is 4.49 Å². The van der Waals surface area contributed by atoms with Crippen molar-refractivity contribution in [3.8, 4) is 0 Å². The minimum Gasteiger partial charge on any atom is -0.379 e. The second-order valence-electron chi connectivity index (χ2n) is 2.55. The predicted molar refractivity (Wildman–Crippen MR) is 59.1 cm³/mol. The summed E-state index contributed by atoms with van der Waals surface area (Å²) >= 11 is 16.8. The maximum absolute atomic E-state index is 5.78. The van der Waals surface area contributed by atoms with Crippen LogP contribution in [0.25, 0.3) is 0 Å². The van der Waals surface area contributed by atoms with Crippen molar-refractivity contribution in [2.75, 3.05) is 32.8 Å². The second-order valence-corrected chi connectivity index (χ2v) is 3.96. The number of morpholine rings is 1. The van der Waals surface area contributed by atoms with Gasteiger partial charge in [-0.05, 0) is 0 Å². The van der Waals surface area contributed by atoms with Crippen LogP contribution in [-0.2, 0) is 4.74 Å². The van der Waals surface area contributed by atoms with E-state index in [-0.39, 0.29) is 16.9 Å². The quantitative estimate of drug-likeness (QED) is 0.762. The van der Waals surface area contributed by atoms with Crippen LogP contribution in [0.15, 0.2) is 9.52 Å². The molecular weight excluding hydrogens is 256 g/mol. The molecule has 0 radical (unpaired) electrons. The van der Waals surface area contributed by atoms with E-state index in [1.807, 2.05) is 0 Å². The van der Waals surface area contributed by atoms with Crippen LogP contribution < -0.4 is 0 Å². The topological polar surface area (TPSA) is 12.5 Å². The molecule has 0 amide bonds. The highest BCUT2D eigenvalue weighted by Crippen LogP contribution is 2.18. The standard InChI is InChI=1S/C7H10Cl3NO.ClH/c8-6(7(9)10)5-11-1-3-12-4-2-11;/h1-5H2;1H. The summed E-state index contributed by atoms with van der Waals surface area (Å²) in [6.07, 6.45) is 0. The highest BCUT2D eigenvalue weighted by Gasteiger charge is 2.12. The van der Waals surface area contributed by atoms with E-state index in [2.05, 4.69) is 4.90 Å². The van der Waals surface area contributed by atoms with E-state index in [4.69, 9.17) is 39.5 Å².